The summed E-state index contributed by atoms with van der Waals surface area (Å²) in [7, 11) is 0. The molecule has 1 atom stereocenters. The van der Waals surface area contributed by atoms with Gasteiger partial charge in [0.2, 0.25) is 11.8 Å². The minimum absolute atomic E-state index is 0.0874. The van der Waals surface area contributed by atoms with Crippen molar-refractivity contribution in [2.75, 3.05) is 65.6 Å². The zero-order valence-corrected chi connectivity index (χ0v) is 16.9. The molecule has 0 bridgehead atoms. The summed E-state index contributed by atoms with van der Waals surface area (Å²) in [6.07, 6.45) is 0.882. The molecule has 0 radical (unpaired) electrons. The molecule has 0 aromatic carbocycles. The second-order valence-electron chi connectivity index (χ2n) is 7.10. The Morgan fingerprint density at radius 1 is 1.19 bits per heavy atom. The molecule has 1 aromatic heterocycles. The maximum absolute atomic E-state index is 12.4. The van der Waals surface area contributed by atoms with Gasteiger partial charge < -0.3 is 15.0 Å². The van der Waals surface area contributed by atoms with E-state index >= 15 is 0 Å². The summed E-state index contributed by atoms with van der Waals surface area (Å²) in [5.74, 6) is 0.274. The Hall–Kier alpha value is -1.48. The molecule has 2 fully saturated rings. The third-order valence-corrected chi connectivity index (χ3v) is 6.24. The number of piperazine rings is 1. The molecule has 2 saturated heterocycles. The number of hydrogen-bond acceptors (Lipinski definition) is 6. The van der Waals surface area contributed by atoms with Crippen molar-refractivity contribution in [3.63, 3.8) is 0 Å². The molecule has 3 rings (SSSR count). The molecular weight excluding hydrogens is 364 g/mol. The fourth-order valence-corrected chi connectivity index (χ4v) is 4.20. The standard InChI is InChI=1S/C19H30N4O3S/c1-16(19(25)20-5-4-17-3-2-14-27-17)22-8-6-21(7-9-22)15-18(24)23-10-12-26-13-11-23/h2-3,14,16H,4-13,15H2,1H3,(H,20,25). The lowest BCUT2D eigenvalue weighted by Crippen LogP contribution is -2.55. The predicted octanol–water partition coefficient (Wildman–Crippen LogP) is 0.272. The number of thiophene rings is 1. The summed E-state index contributed by atoms with van der Waals surface area (Å²) in [6.45, 7) is 9.06. The average Bonchev–Trinajstić information content (AvgIpc) is 3.22. The number of carbonyl (C=O) groups excluding carboxylic acids is 2. The molecule has 2 amide bonds. The monoisotopic (exact) mass is 394 g/mol. The number of carbonyl (C=O) groups is 2. The summed E-state index contributed by atoms with van der Waals surface area (Å²) in [6, 6.07) is 4.00. The number of amides is 2. The molecule has 1 aromatic rings. The molecule has 0 saturated carbocycles. The van der Waals surface area contributed by atoms with E-state index in [0.29, 0.717) is 39.4 Å². The third kappa shape index (κ3) is 6.00. The first-order chi connectivity index (χ1) is 13.1. The molecule has 3 heterocycles. The summed E-state index contributed by atoms with van der Waals surface area (Å²) >= 11 is 1.72. The Balaban J connectivity index is 1.35. The number of nitrogens with zero attached hydrogens (tertiary/aromatic N) is 3. The van der Waals surface area contributed by atoms with Crippen molar-refractivity contribution in [3.8, 4) is 0 Å². The SMILES string of the molecule is CC(C(=O)NCCc1cccs1)N1CCN(CC(=O)N2CCOCC2)CC1. The van der Waals surface area contributed by atoms with Crippen LogP contribution in [0.2, 0.25) is 0 Å². The Morgan fingerprint density at radius 2 is 1.93 bits per heavy atom. The van der Waals surface area contributed by atoms with E-state index in [1.165, 1.54) is 4.88 Å². The number of morpholine rings is 1. The normalized spacial score (nSPS) is 20.4. The van der Waals surface area contributed by atoms with Gasteiger partial charge in [0.1, 0.15) is 0 Å². The van der Waals surface area contributed by atoms with E-state index in [0.717, 1.165) is 32.6 Å². The molecule has 0 spiro atoms. The quantitative estimate of drug-likeness (QED) is 0.719. The Bertz CT molecular complexity index is 596. The molecule has 1 unspecified atom stereocenters. The smallest absolute Gasteiger partial charge is 0.237 e. The van der Waals surface area contributed by atoms with Gasteiger partial charge in [-0.05, 0) is 24.8 Å². The minimum atomic E-state index is -0.134. The lowest BCUT2D eigenvalue weighted by Gasteiger charge is -2.38. The lowest BCUT2D eigenvalue weighted by atomic mass is 10.2. The summed E-state index contributed by atoms with van der Waals surface area (Å²) in [5.41, 5.74) is 0. The van der Waals surface area contributed by atoms with Crippen LogP contribution in [0, 0.1) is 0 Å². The highest BCUT2D eigenvalue weighted by atomic mass is 32.1. The van der Waals surface area contributed by atoms with Crippen LogP contribution in [0.1, 0.15) is 11.8 Å². The highest BCUT2D eigenvalue weighted by Crippen LogP contribution is 2.10. The molecule has 27 heavy (non-hydrogen) atoms. The maximum atomic E-state index is 12.4. The van der Waals surface area contributed by atoms with Crippen molar-refractivity contribution in [1.29, 1.82) is 0 Å². The van der Waals surface area contributed by atoms with Crippen LogP contribution in [-0.4, -0.2) is 98.1 Å². The van der Waals surface area contributed by atoms with Gasteiger partial charge in [0.15, 0.2) is 0 Å². The molecule has 1 N–H and O–H groups in total. The molecule has 8 heteroatoms. The van der Waals surface area contributed by atoms with Crippen molar-refractivity contribution in [2.24, 2.45) is 0 Å². The lowest BCUT2D eigenvalue weighted by molar-refractivity contribution is -0.137. The second-order valence-corrected chi connectivity index (χ2v) is 8.13. The molecule has 2 aliphatic heterocycles. The number of nitrogens with one attached hydrogen (secondary N) is 1. The van der Waals surface area contributed by atoms with Gasteiger partial charge in [-0.25, -0.2) is 0 Å². The second kappa shape index (κ2) is 10.2. The van der Waals surface area contributed by atoms with Gasteiger partial charge in [-0.2, -0.15) is 0 Å². The Morgan fingerprint density at radius 3 is 2.59 bits per heavy atom. The van der Waals surface area contributed by atoms with E-state index in [-0.39, 0.29) is 17.9 Å². The molecule has 0 aliphatic carbocycles. The van der Waals surface area contributed by atoms with Crippen LogP contribution >= 0.6 is 11.3 Å². The summed E-state index contributed by atoms with van der Waals surface area (Å²) < 4.78 is 5.30. The summed E-state index contributed by atoms with van der Waals surface area (Å²) in [4.78, 5) is 32.3. The van der Waals surface area contributed by atoms with E-state index in [1.54, 1.807) is 11.3 Å². The van der Waals surface area contributed by atoms with Crippen LogP contribution in [0.25, 0.3) is 0 Å². The number of ether oxygens (including phenoxy) is 1. The Kier molecular flexibility index (Phi) is 7.63. The van der Waals surface area contributed by atoms with E-state index in [4.69, 9.17) is 4.74 Å². The molecular formula is C19H30N4O3S. The van der Waals surface area contributed by atoms with E-state index in [1.807, 2.05) is 17.9 Å². The van der Waals surface area contributed by atoms with Crippen molar-refractivity contribution < 1.29 is 14.3 Å². The highest BCUT2D eigenvalue weighted by molar-refractivity contribution is 7.09. The van der Waals surface area contributed by atoms with Crippen LogP contribution in [0.5, 0.6) is 0 Å². The largest absolute Gasteiger partial charge is 0.378 e. The first-order valence-electron chi connectivity index (χ1n) is 9.75. The summed E-state index contributed by atoms with van der Waals surface area (Å²) in [5, 5.41) is 5.10. The van der Waals surface area contributed by atoms with Crippen molar-refractivity contribution in [1.82, 2.24) is 20.0 Å². The van der Waals surface area contributed by atoms with E-state index < -0.39 is 0 Å². The van der Waals surface area contributed by atoms with Crippen LogP contribution in [0.4, 0.5) is 0 Å². The van der Waals surface area contributed by atoms with Gasteiger partial charge in [0, 0.05) is 50.7 Å². The Labute approximate surface area is 165 Å². The average molecular weight is 395 g/mol. The fraction of sp³-hybridized carbons (Fsp3) is 0.684. The fourth-order valence-electron chi connectivity index (χ4n) is 3.49. The van der Waals surface area contributed by atoms with Crippen LogP contribution in [0.15, 0.2) is 17.5 Å². The van der Waals surface area contributed by atoms with E-state index in [2.05, 4.69) is 26.6 Å². The van der Waals surface area contributed by atoms with Gasteiger partial charge >= 0.3 is 0 Å². The topological polar surface area (TPSA) is 65.1 Å². The van der Waals surface area contributed by atoms with Crippen molar-refractivity contribution >= 4 is 23.2 Å². The number of hydrogen-bond donors (Lipinski definition) is 1. The zero-order valence-electron chi connectivity index (χ0n) is 16.1. The van der Waals surface area contributed by atoms with Gasteiger partial charge in [-0.15, -0.1) is 11.3 Å². The first kappa shape index (κ1) is 20.3. The predicted molar refractivity (Wildman–Crippen MR) is 106 cm³/mol. The van der Waals surface area contributed by atoms with Gasteiger partial charge in [0.25, 0.3) is 0 Å². The minimum Gasteiger partial charge on any atom is -0.378 e. The zero-order chi connectivity index (χ0) is 19.1. The maximum Gasteiger partial charge on any atom is 0.237 e. The highest BCUT2D eigenvalue weighted by Gasteiger charge is 2.27. The molecule has 7 nitrogen and oxygen atoms in total. The molecule has 2 aliphatic rings. The first-order valence-corrected chi connectivity index (χ1v) is 10.6. The van der Waals surface area contributed by atoms with E-state index in [9.17, 15) is 9.59 Å². The van der Waals surface area contributed by atoms with Gasteiger partial charge in [-0.3, -0.25) is 19.4 Å². The van der Waals surface area contributed by atoms with Crippen LogP contribution in [-0.2, 0) is 20.7 Å². The van der Waals surface area contributed by atoms with Gasteiger partial charge in [-0.1, -0.05) is 6.07 Å². The van der Waals surface area contributed by atoms with Crippen LogP contribution < -0.4 is 5.32 Å². The molecule has 150 valence electrons. The third-order valence-electron chi connectivity index (χ3n) is 5.31. The van der Waals surface area contributed by atoms with Crippen LogP contribution in [0.3, 0.4) is 0 Å². The van der Waals surface area contributed by atoms with Crippen molar-refractivity contribution in [3.05, 3.63) is 22.4 Å². The van der Waals surface area contributed by atoms with Crippen molar-refractivity contribution in [2.45, 2.75) is 19.4 Å². The number of rotatable bonds is 7. The van der Waals surface area contributed by atoms with Gasteiger partial charge in [0.05, 0.1) is 25.8 Å².